The number of fused-ring (bicyclic) bond motifs is 3. The van der Waals surface area contributed by atoms with Gasteiger partial charge in [0.15, 0.2) is 0 Å². The molecule has 0 radical (unpaired) electrons. The SMILES string of the molecule is CCn1c2ccccc2c2cc(CO)c(OC)cc21. The quantitative estimate of drug-likeness (QED) is 0.779. The van der Waals surface area contributed by atoms with E-state index < -0.39 is 0 Å². The van der Waals surface area contributed by atoms with Crippen molar-refractivity contribution in [3.05, 3.63) is 42.0 Å². The number of ether oxygens (including phenoxy) is 1. The molecule has 1 aromatic heterocycles. The van der Waals surface area contributed by atoms with Crippen LogP contribution in [-0.2, 0) is 13.2 Å². The molecule has 0 amide bonds. The van der Waals surface area contributed by atoms with E-state index in [4.69, 9.17) is 4.74 Å². The molecule has 0 unspecified atom stereocenters. The lowest BCUT2D eigenvalue weighted by Gasteiger charge is -2.08. The molecule has 1 heterocycles. The monoisotopic (exact) mass is 255 g/mol. The van der Waals surface area contributed by atoms with Gasteiger partial charge in [-0.05, 0) is 19.1 Å². The van der Waals surface area contributed by atoms with E-state index in [0.29, 0.717) is 0 Å². The average molecular weight is 255 g/mol. The fourth-order valence-corrected chi connectivity index (χ4v) is 2.77. The van der Waals surface area contributed by atoms with Gasteiger partial charge in [-0.1, -0.05) is 18.2 Å². The van der Waals surface area contributed by atoms with Crippen molar-refractivity contribution in [1.82, 2.24) is 4.57 Å². The van der Waals surface area contributed by atoms with Crippen molar-refractivity contribution in [1.29, 1.82) is 0 Å². The largest absolute Gasteiger partial charge is 0.496 e. The predicted octanol–water partition coefficient (Wildman–Crippen LogP) is 3.32. The van der Waals surface area contributed by atoms with Crippen molar-refractivity contribution in [2.45, 2.75) is 20.1 Å². The summed E-state index contributed by atoms with van der Waals surface area (Å²) in [4.78, 5) is 0. The van der Waals surface area contributed by atoms with Crippen LogP contribution >= 0.6 is 0 Å². The molecule has 3 aromatic rings. The molecule has 3 nitrogen and oxygen atoms in total. The van der Waals surface area contributed by atoms with Gasteiger partial charge in [0.25, 0.3) is 0 Å². The van der Waals surface area contributed by atoms with E-state index in [2.05, 4.69) is 29.7 Å². The van der Waals surface area contributed by atoms with Crippen molar-refractivity contribution in [2.75, 3.05) is 7.11 Å². The zero-order chi connectivity index (χ0) is 13.4. The predicted molar refractivity (Wildman–Crippen MR) is 77.6 cm³/mol. The Bertz CT molecular complexity index is 743. The van der Waals surface area contributed by atoms with E-state index in [0.717, 1.165) is 23.4 Å². The average Bonchev–Trinajstić information content (AvgIpc) is 2.78. The summed E-state index contributed by atoms with van der Waals surface area (Å²) in [5, 5.41) is 11.8. The molecule has 19 heavy (non-hydrogen) atoms. The standard InChI is InChI=1S/C16H17NO2/c1-3-17-14-7-5-4-6-12(14)13-8-11(10-18)16(19-2)9-15(13)17/h4-9,18H,3,10H2,1-2H3. The number of nitrogens with zero attached hydrogens (tertiary/aromatic N) is 1. The molecule has 0 aliphatic carbocycles. The van der Waals surface area contributed by atoms with Gasteiger partial charge < -0.3 is 14.4 Å². The number of hydrogen-bond acceptors (Lipinski definition) is 2. The van der Waals surface area contributed by atoms with Crippen LogP contribution in [0, 0.1) is 0 Å². The lowest BCUT2D eigenvalue weighted by molar-refractivity contribution is 0.274. The first kappa shape index (κ1) is 12.1. The molecule has 0 saturated carbocycles. The molecule has 0 aliphatic rings. The van der Waals surface area contributed by atoms with Gasteiger partial charge in [-0.15, -0.1) is 0 Å². The Labute approximate surface area is 112 Å². The highest BCUT2D eigenvalue weighted by molar-refractivity contribution is 6.08. The van der Waals surface area contributed by atoms with Crippen LogP contribution < -0.4 is 4.74 Å². The number of hydrogen-bond donors (Lipinski definition) is 1. The van der Waals surface area contributed by atoms with Gasteiger partial charge in [0.1, 0.15) is 5.75 Å². The Hall–Kier alpha value is -2.00. The first-order valence-corrected chi connectivity index (χ1v) is 6.48. The molecule has 0 saturated heterocycles. The number of aryl methyl sites for hydroxylation is 1. The summed E-state index contributed by atoms with van der Waals surface area (Å²) in [6.45, 7) is 3.04. The van der Waals surface area contributed by atoms with E-state index in [-0.39, 0.29) is 6.61 Å². The van der Waals surface area contributed by atoms with Crippen LogP contribution in [0.1, 0.15) is 12.5 Å². The van der Waals surface area contributed by atoms with Crippen molar-refractivity contribution in [2.24, 2.45) is 0 Å². The minimum atomic E-state index is -0.00918. The van der Waals surface area contributed by atoms with Crippen LogP contribution in [0.25, 0.3) is 21.8 Å². The fraction of sp³-hybridized carbons (Fsp3) is 0.250. The summed E-state index contributed by atoms with van der Waals surface area (Å²) in [7, 11) is 1.64. The summed E-state index contributed by atoms with van der Waals surface area (Å²) in [6.07, 6.45) is 0. The third-order valence-corrected chi connectivity index (χ3v) is 3.66. The van der Waals surface area contributed by atoms with E-state index in [1.165, 1.54) is 16.3 Å². The maximum Gasteiger partial charge on any atom is 0.126 e. The Kier molecular flexibility index (Phi) is 2.91. The van der Waals surface area contributed by atoms with Crippen LogP contribution in [0.3, 0.4) is 0 Å². The fourth-order valence-electron chi connectivity index (χ4n) is 2.77. The zero-order valence-electron chi connectivity index (χ0n) is 11.2. The van der Waals surface area contributed by atoms with Crippen LogP contribution in [0.2, 0.25) is 0 Å². The molecule has 0 aliphatic heterocycles. The Balaban J connectivity index is 2.48. The van der Waals surface area contributed by atoms with Crippen LogP contribution in [-0.4, -0.2) is 16.8 Å². The number of rotatable bonds is 3. The first-order chi connectivity index (χ1) is 9.30. The van der Waals surface area contributed by atoms with Gasteiger partial charge in [-0.3, -0.25) is 0 Å². The molecule has 0 spiro atoms. The molecule has 98 valence electrons. The van der Waals surface area contributed by atoms with Crippen LogP contribution in [0.15, 0.2) is 36.4 Å². The molecular weight excluding hydrogens is 238 g/mol. The van der Waals surface area contributed by atoms with Crippen molar-refractivity contribution in [3.8, 4) is 5.75 Å². The highest BCUT2D eigenvalue weighted by atomic mass is 16.5. The van der Waals surface area contributed by atoms with Gasteiger partial charge in [-0.2, -0.15) is 0 Å². The number of para-hydroxylation sites is 1. The third-order valence-electron chi connectivity index (χ3n) is 3.66. The molecular formula is C16H17NO2. The van der Waals surface area contributed by atoms with Gasteiger partial charge in [0.05, 0.1) is 19.2 Å². The maximum absolute atomic E-state index is 9.46. The Morgan fingerprint density at radius 2 is 1.89 bits per heavy atom. The summed E-state index contributed by atoms with van der Waals surface area (Å²) >= 11 is 0. The van der Waals surface area contributed by atoms with Gasteiger partial charge in [0.2, 0.25) is 0 Å². The minimum Gasteiger partial charge on any atom is -0.496 e. The smallest absolute Gasteiger partial charge is 0.126 e. The Morgan fingerprint density at radius 1 is 1.11 bits per heavy atom. The maximum atomic E-state index is 9.46. The highest BCUT2D eigenvalue weighted by Gasteiger charge is 2.12. The van der Waals surface area contributed by atoms with E-state index in [1.807, 2.05) is 18.2 Å². The number of benzene rings is 2. The lowest BCUT2D eigenvalue weighted by Crippen LogP contribution is -1.95. The third kappa shape index (κ3) is 1.70. The summed E-state index contributed by atoms with van der Waals surface area (Å²) in [5.41, 5.74) is 3.20. The minimum absolute atomic E-state index is 0.00918. The normalized spacial score (nSPS) is 11.3. The second-order valence-electron chi connectivity index (χ2n) is 4.60. The molecule has 2 aromatic carbocycles. The van der Waals surface area contributed by atoms with Crippen molar-refractivity contribution < 1.29 is 9.84 Å². The molecule has 0 fully saturated rings. The molecule has 3 rings (SSSR count). The van der Waals surface area contributed by atoms with E-state index in [9.17, 15) is 5.11 Å². The van der Waals surface area contributed by atoms with Gasteiger partial charge in [-0.25, -0.2) is 0 Å². The Morgan fingerprint density at radius 3 is 2.58 bits per heavy atom. The van der Waals surface area contributed by atoms with Crippen LogP contribution in [0.4, 0.5) is 0 Å². The lowest BCUT2D eigenvalue weighted by atomic mass is 10.1. The van der Waals surface area contributed by atoms with Crippen molar-refractivity contribution in [3.63, 3.8) is 0 Å². The topological polar surface area (TPSA) is 34.4 Å². The molecule has 0 bridgehead atoms. The van der Waals surface area contributed by atoms with Gasteiger partial charge in [0, 0.05) is 34.5 Å². The molecule has 0 atom stereocenters. The summed E-state index contributed by atoms with van der Waals surface area (Å²) in [6, 6.07) is 12.4. The van der Waals surface area contributed by atoms with Gasteiger partial charge >= 0.3 is 0 Å². The van der Waals surface area contributed by atoms with Crippen molar-refractivity contribution >= 4 is 21.8 Å². The van der Waals surface area contributed by atoms with E-state index in [1.54, 1.807) is 7.11 Å². The zero-order valence-corrected chi connectivity index (χ0v) is 11.2. The molecule has 1 N–H and O–H groups in total. The second kappa shape index (κ2) is 4.59. The summed E-state index contributed by atoms with van der Waals surface area (Å²) in [5.74, 6) is 0.743. The summed E-state index contributed by atoms with van der Waals surface area (Å²) < 4.78 is 7.64. The number of aliphatic hydroxyl groups is 1. The first-order valence-electron chi connectivity index (χ1n) is 6.48. The van der Waals surface area contributed by atoms with E-state index >= 15 is 0 Å². The molecule has 3 heteroatoms. The number of aromatic nitrogens is 1. The van der Waals surface area contributed by atoms with Crippen LogP contribution in [0.5, 0.6) is 5.75 Å². The second-order valence-corrected chi connectivity index (χ2v) is 4.60. The number of aliphatic hydroxyl groups excluding tert-OH is 1. The highest BCUT2D eigenvalue weighted by Crippen LogP contribution is 2.33. The number of methoxy groups -OCH3 is 1.